The van der Waals surface area contributed by atoms with Gasteiger partial charge < -0.3 is 15.8 Å². The maximum absolute atomic E-state index is 13.3. The van der Waals surface area contributed by atoms with Gasteiger partial charge in [-0.1, -0.05) is 11.6 Å². The van der Waals surface area contributed by atoms with Crippen LogP contribution in [0.1, 0.15) is 15.9 Å². The molecule has 0 aliphatic carbocycles. The lowest BCUT2D eigenvalue weighted by molar-refractivity contribution is 0.0602. The molecule has 0 saturated heterocycles. The van der Waals surface area contributed by atoms with Crippen molar-refractivity contribution in [2.45, 2.75) is 6.92 Å². The number of esters is 1. The van der Waals surface area contributed by atoms with E-state index in [2.05, 4.69) is 5.32 Å². The highest BCUT2D eigenvalue weighted by molar-refractivity contribution is 6.34. The van der Waals surface area contributed by atoms with E-state index < -0.39 is 5.97 Å². The minimum absolute atomic E-state index is 0.212. The monoisotopic (exact) mass is 308 g/mol. The Morgan fingerprint density at radius 3 is 2.67 bits per heavy atom. The Morgan fingerprint density at radius 2 is 2.05 bits per heavy atom. The quantitative estimate of drug-likeness (QED) is 0.666. The fraction of sp³-hybridized carbons (Fsp3) is 0.133. The predicted octanol–water partition coefficient (Wildman–Crippen LogP) is 3.90. The molecule has 0 aromatic heterocycles. The highest BCUT2D eigenvalue weighted by atomic mass is 35.5. The van der Waals surface area contributed by atoms with Crippen LogP contribution in [0.15, 0.2) is 30.3 Å². The zero-order chi connectivity index (χ0) is 15.6. The second kappa shape index (κ2) is 6.01. The number of benzene rings is 2. The molecule has 3 N–H and O–H groups in total. The number of rotatable bonds is 3. The molecule has 2 rings (SSSR count). The summed E-state index contributed by atoms with van der Waals surface area (Å²) in [5, 5.41) is 3.27. The number of nitrogen functional groups attached to an aromatic ring is 1. The molecule has 0 amide bonds. The molecule has 0 heterocycles. The van der Waals surface area contributed by atoms with Crippen molar-refractivity contribution in [3.63, 3.8) is 0 Å². The van der Waals surface area contributed by atoms with Crippen LogP contribution in [0.3, 0.4) is 0 Å². The van der Waals surface area contributed by atoms with Gasteiger partial charge >= 0.3 is 5.97 Å². The zero-order valence-electron chi connectivity index (χ0n) is 11.5. The van der Waals surface area contributed by atoms with Crippen molar-refractivity contribution in [1.29, 1.82) is 0 Å². The molecule has 21 heavy (non-hydrogen) atoms. The van der Waals surface area contributed by atoms with E-state index in [4.69, 9.17) is 22.1 Å². The number of nitrogens with one attached hydrogen (secondary N) is 1. The highest BCUT2D eigenvalue weighted by Crippen LogP contribution is 2.32. The third-order valence-corrected chi connectivity index (χ3v) is 3.24. The highest BCUT2D eigenvalue weighted by Gasteiger charge is 2.16. The van der Waals surface area contributed by atoms with Crippen LogP contribution in [0.25, 0.3) is 0 Å². The van der Waals surface area contributed by atoms with Crippen molar-refractivity contribution in [3.05, 3.63) is 52.3 Å². The fourth-order valence-corrected chi connectivity index (χ4v) is 2.17. The van der Waals surface area contributed by atoms with Crippen LogP contribution in [-0.4, -0.2) is 13.1 Å². The number of ether oxygens (including phenoxy) is 1. The summed E-state index contributed by atoms with van der Waals surface area (Å²) < 4.78 is 18.0. The summed E-state index contributed by atoms with van der Waals surface area (Å²) >= 11 is 6.13. The molecular formula is C15H14ClFN2O2. The number of hydrogen-bond acceptors (Lipinski definition) is 4. The van der Waals surface area contributed by atoms with Crippen LogP contribution in [0.4, 0.5) is 21.5 Å². The Labute approximate surface area is 126 Å². The predicted molar refractivity (Wildman–Crippen MR) is 81.6 cm³/mol. The van der Waals surface area contributed by atoms with Crippen molar-refractivity contribution in [2.24, 2.45) is 0 Å². The van der Waals surface area contributed by atoms with Crippen LogP contribution in [0, 0.1) is 12.7 Å². The van der Waals surface area contributed by atoms with Crippen molar-refractivity contribution in [1.82, 2.24) is 0 Å². The molecule has 0 saturated carbocycles. The number of carbonyl (C=O) groups is 1. The number of methoxy groups -OCH3 is 1. The molecule has 0 unspecified atom stereocenters. The number of carbonyl (C=O) groups excluding carboxylic acids is 1. The maximum atomic E-state index is 13.3. The van der Waals surface area contributed by atoms with Crippen LogP contribution >= 0.6 is 11.6 Å². The molecule has 0 spiro atoms. The molecule has 2 aromatic rings. The van der Waals surface area contributed by atoms with Gasteiger partial charge in [0.05, 0.1) is 23.4 Å². The van der Waals surface area contributed by atoms with Crippen LogP contribution in [0.5, 0.6) is 0 Å². The van der Waals surface area contributed by atoms with Gasteiger partial charge in [-0.3, -0.25) is 0 Å². The SMILES string of the molecule is COC(=O)c1cc(N)cc(Cl)c1Nc1ccc(F)c(C)c1. The lowest BCUT2D eigenvalue weighted by atomic mass is 10.1. The average Bonchev–Trinajstić information content (AvgIpc) is 2.44. The molecule has 110 valence electrons. The van der Waals surface area contributed by atoms with E-state index in [0.717, 1.165) is 0 Å². The van der Waals surface area contributed by atoms with Gasteiger partial charge in [0.2, 0.25) is 0 Å². The summed E-state index contributed by atoms with van der Waals surface area (Å²) in [5.74, 6) is -0.873. The van der Waals surface area contributed by atoms with Crippen molar-refractivity contribution < 1.29 is 13.9 Å². The summed E-state index contributed by atoms with van der Waals surface area (Å²) in [6, 6.07) is 7.49. The number of aryl methyl sites for hydroxylation is 1. The standard InChI is InChI=1S/C15H14ClFN2O2/c1-8-5-10(3-4-13(8)17)19-14-11(15(20)21-2)6-9(18)7-12(14)16/h3-7,19H,18H2,1-2H3. The van der Waals surface area contributed by atoms with Crippen molar-refractivity contribution >= 4 is 34.6 Å². The molecule has 2 aromatic carbocycles. The van der Waals surface area contributed by atoms with Crippen molar-refractivity contribution in [2.75, 3.05) is 18.2 Å². The first kappa shape index (κ1) is 15.1. The fourth-order valence-electron chi connectivity index (χ4n) is 1.89. The minimum atomic E-state index is -0.564. The topological polar surface area (TPSA) is 64.3 Å². The van der Waals surface area contributed by atoms with E-state index in [1.165, 1.54) is 25.3 Å². The third-order valence-electron chi connectivity index (χ3n) is 2.95. The molecule has 0 fully saturated rings. The Balaban J connectivity index is 2.47. The molecule has 0 aliphatic rings. The minimum Gasteiger partial charge on any atom is -0.465 e. The van der Waals surface area contributed by atoms with E-state index in [1.807, 2.05) is 0 Å². The largest absolute Gasteiger partial charge is 0.465 e. The average molecular weight is 309 g/mol. The Hall–Kier alpha value is -2.27. The summed E-state index contributed by atoms with van der Waals surface area (Å²) in [7, 11) is 1.27. The van der Waals surface area contributed by atoms with Gasteiger partial charge in [-0.15, -0.1) is 0 Å². The molecule has 6 heteroatoms. The number of hydrogen-bond donors (Lipinski definition) is 2. The number of nitrogens with two attached hydrogens (primary N) is 1. The zero-order valence-corrected chi connectivity index (χ0v) is 12.3. The Morgan fingerprint density at radius 1 is 1.33 bits per heavy atom. The number of anilines is 3. The summed E-state index contributed by atoms with van der Waals surface area (Å²) in [6.07, 6.45) is 0. The normalized spacial score (nSPS) is 10.3. The summed E-state index contributed by atoms with van der Waals surface area (Å²) in [5.41, 5.74) is 7.69. The van der Waals surface area contributed by atoms with Gasteiger partial charge in [-0.05, 0) is 42.8 Å². The lowest BCUT2D eigenvalue weighted by Crippen LogP contribution is -2.07. The van der Waals surface area contributed by atoms with Crippen molar-refractivity contribution in [3.8, 4) is 0 Å². The lowest BCUT2D eigenvalue weighted by Gasteiger charge is -2.14. The molecule has 4 nitrogen and oxygen atoms in total. The van der Waals surface area contributed by atoms with Gasteiger partial charge in [0.1, 0.15) is 5.82 Å². The van der Waals surface area contributed by atoms with E-state index in [0.29, 0.717) is 22.6 Å². The Bertz CT molecular complexity index is 704. The molecule has 0 aliphatic heterocycles. The van der Waals surface area contributed by atoms with Crippen LogP contribution in [-0.2, 0) is 4.74 Å². The molecular weight excluding hydrogens is 295 g/mol. The van der Waals surface area contributed by atoms with Crippen LogP contribution in [0.2, 0.25) is 5.02 Å². The molecule has 0 atom stereocenters. The van der Waals surface area contributed by atoms with E-state index >= 15 is 0 Å². The third kappa shape index (κ3) is 3.25. The van der Waals surface area contributed by atoms with E-state index in [9.17, 15) is 9.18 Å². The first-order chi connectivity index (χ1) is 9.92. The first-order valence-electron chi connectivity index (χ1n) is 6.13. The molecule has 0 radical (unpaired) electrons. The summed E-state index contributed by atoms with van der Waals surface area (Å²) in [4.78, 5) is 11.8. The van der Waals surface area contributed by atoms with Gasteiger partial charge in [0.15, 0.2) is 0 Å². The van der Waals surface area contributed by atoms with Gasteiger partial charge in [0, 0.05) is 11.4 Å². The maximum Gasteiger partial charge on any atom is 0.340 e. The van der Waals surface area contributed by atoms with E-state index in [1.54, 1.807) is 19.1 Å². The summed E-state index contributed by atoms with van der Waals surface area (Å²) in [6.45, 7) is 1.65. The van der Waals surface area contributed by atoms with Gasteiger partial charge in [0.25, 0.3) is 0 Å². The second-order valence-electron chi connectivity index (χ2n) is 4.51. The van der Waals surface area contributed by atoms with Gasteiger partial charge in [-0.2, -0.15) is 0 Å². The smallest absolute Gasteiger partial charge is 0.340 e. The Kier molecular flexibility index (Phi) is 4.33. The first-order valence-corrected chi connectivity index (χ1v) is 6.50. The second-order valence-corrected chi connectivity index (χ2v) is 4.91. The number of halogens is 2. The molecule has 0 bridgehead atoms. The van der Waals surface area contributed by atoms with E-state index in [-0.39, 0.29) is 16.4 Å². The van der Waals surface area contributed by atoms with Crippen LogP contribution < -0.4 is 11.1 Å². The van der Waals surface area contributed by atoms with Gasteiger partial charge in [-0.25, -0.2) is 9.18 Å².